The molecule has 0 fully saturated rings. The molecule has 1 aliphatic rings. The van der Waals surface area contributed by atoms with Gasteiger partial charge in [-0.15, -0.1) is 0 Å². The Balaban J connectivity index is 2.53. The molecule has 68 valence electrons. The lowest BCUT2D eigenvalue weighted by atomic mass is 9.94. The highest BCUT2D eigenvalue weighted by Crippen LogP contribution is 2.28. The van der Waals surface area contributed by atoms with Crippen molar-refractivity contribution in [2.75, 3.05) is 0 Å². The Labute approximate surface area is 76.7 Å². The summed E-state index contributed by atoms with van der Waals surface area (Å²) in [6, 6.07) is 3.51. The minimum atomic E-state index is -0.256. The van der Waals surface area contributed by atoms with Crippen molar-refractivity contribution in [3.63, 3.8) is 0 Å². The van der Waals surface area contributed by atoms with E-state index in [4.69, 9.17) is 4.74 Å². The monoisotopic (exact) mass is 177 g/mol. The number of esters is 1. The van der Waals surface area contributed by atoms with E-state index in [1.165, 1.54) is 0 Å². The molecule has 0 aliphatic carbocycles. The van der Waals surface area contributed by atoms with Crippen LogP contribution in [0.5, 0.6) is 0 Å². The second kappa shape index (κ2) is 2.83. The van der Waals surface area contributed by atoms with E-state index in [1.54, 1.807) is 18.3 Å². The zero-order chi connectivity index (χ0) is 9.42. The topological polar surface area (TPSA) is 39.2 Å². The highest BCUT2D eigenvalue weighted by atomic mass is 16.5. The summed E-state index contributed by atoms with van der Waals surface area (Å²) in [5.74, 6) is -0.0670. The smallest absolute Gasteiger partial charge is 0.340 e. The summed E-state index contributed by atoms with van der Waals surface area (Å²) >= 11 is 0. The third kappa shape index (κ3) is 1.20. The molecule has 0 N–H and O–H groups in total. The van der Waals surface area contributed by atoms with E-state index in [0.29, 0.717) is 5.56 Å². The van der Waals surface area contributed by atoms with E-state index in [0.717, 1.165) is 5.69 Å². The summed E-state index contributed by atoms with van der Waals surface area (Å²) < 4.78 is 5.15. The Bertz CT molecular complexity index is 349. The van der Waals surface area contributed by atoms with Crippen molar-refractivity contribution < 1.29 is 9.53 Å². The molecule has 0 bridgehead atoms. The van der Waals surface area contributed by atoms with Crippen LogP contribution in [0, 0.1) is 0 Å². The fraction of sp³-hybridized carbons (Fsp3) is 0.400. The van der Waals surface area contributed by atoms with Crippen LogP contribution in [0.3, 0.4) is 0 Å². The van der Waals surface area contributed by atoms with Crippen molar-refractivity contribution in [3.8, 4) is 0 Å². The minimum Gasteiger partial charge on any atom is -0.458 e. The van der Waals surface area contributed by atoms with Crippen molar-refractivity contribution in [2.24, 2.45) is 0 Å². The first-order valence-electron chi connectivity index (χ1n) is 4.36. The Hall–Kier alpha value is -1.38. The van der Waals surface area contributed by atoms with E-state index in [9.17, 15) is 4.79 Å². The van der Waals surface area contributed by atoms with Gasteiger partial charge in [0.15, 0.2) is 0 Å². The largest absolute Gasteiger partial charge is 0.458 e. The normalized spacial score (nSPS) is 26.5. The second-order valence-corrected chi connectivity index (χ2v) is 3.34. The summed E-state index contributed by atoms with van der Waals surface area (Å²) in [6.07, 6.45) is 1.63. The summed E-state index contributed by atoms with van der Waals surface area (Å²) in [5.41, 5.74) is 1.46. The number of hydrogen-bond donors (Lipinski definition) is 0. The lowest BCUT2D eigenvalue weighted by Crippen LogP contribution is -2.29. The highest BCUT2D eigenvalue weighted by Gasteiger charge is 2.30. The number of rotatable bonds is 0. The van der Waals surface area contributed by atoms with Crippen LogP contribution in [0.1, 0.15) is 35.8 Å². The Morgan fingerprint density at radius 3 is 3.00 bits per heavy atom. The number of carbonyl (C=O) groups excluding carboxylic acids is 1. The molecule has 3 nitrogen and oxygen atoms in total. The van der Waals surface area contributed by atoms with Crippen molar-refractivity contribution in [1.82, 2.24) is 4.98 Å². The Morgan fingerprint density at radius 1 is 1.46 bits per heavy atom. The number of carbonyl (C=O) groups is 1. The maximum Gasteiger partial charge on any atom is 0.340 e. The van der Waals surface area contributed by atoms with Gasteiger partial charge < -0.3 is 4.74 Å². The molecule has 2 rings (SSSR count). The number of ether oxygens (including phenoxy) is 1. The van der Waals surface area contributed by atoms with Crippen LogP contribution in [-0.4, -0.2) is 17.1 Å². The maximum atomic E-state index is 11.4. The zero-order valence-electron chi connectivity index (χ0n) is 7.65. The number of cyclic esters (lactones) is 1. The summed E-state index contributed by atoms with van der Waals surface area (Å²) in [5, 5.41) is 0. The molecule has 13 heavy (non-hydrogen) atoms. The molecule has 0 aromatic carbocycles. The van der Waals surface area contributed by atoms with Gasteiger partial charge >= 0.3 is 5.97 Å². The number of hydrogen-bond acceptors (Lipinski definition) is 3. The second-order valence-electron chi connectivity index (χ2n) is 3.34. The third-order valence-corrected chi connectivity index (χ3v) is 2.49. The molecule has 2 unspecified atom stereocenters. The van der Waals surface area contributed by atoms with Crippen LogP contribution < -0.4 is 0 Å². The Kier molecular flexibility index (Phi) is 1.79. The first-order valence-corrected chi connectivity index (χ1v) is 4.36. The minimum absolute atomic E-state index is 0.0742. The molecule has 0 radical (unpaired) electrons. The van der Waals surface area contributed by atoms with E-state index in [2.05, 4.69) is 4.98 Å². The molecule has 1 aliphatic heterocycles. The van der Waals surface area contributed by atoms with Crippen molar-refractivity contribution in [1.29, 1.82) is 0 Å². The first kappa shape index (κ1) is 8.23. The van der Waals surface area contributed by atoms with Gasteiger partial charge in [-0.1, -0.05) is 6.92 Å². The predicted molar refractivity (Wildman–Crippen MR) is 47.5 cm³/mol. The molecule has 1 aromatic rings. The van der Waals surface area contributed by atoms with E-state index in [1.807, 2.05) is 13.8 Å². The number of fused-ring (bicyclic) bond motifs is 1. The van der Waals surface area contributed by atoms with E-state index in [-0.39, 0.29) is 18.0 Å². The van der Waals surface area contributed by atoms with Crippen LogP contribution in [0.4, 0.5) is 0 Å². The maximum absolute atomic E-state index is 11.4. The van der Waals surface area contributed by atoms with Gasteiger partial charge in [-0.2, -0.15) is 0 Å². The fourth-order valence-electron chi connectivity index (χ4n) is 1.51. The van der Waals surface area contributed by atoms with Gasteiger partial charge in [-0.3, -0.25) is 4.98 Å². The van der Waals surface area contributed by atoms with Gasteiger partial charge in [-0.05, 0) is 19.1 Å². The lowest BCUT2D eigenvalue weighted by Gasteiger charge is -2.26. The average molecular weight is 177 g/mol. The van der Waals surface area contributed by atoms with Crippen LogP contribution in [0.15, 0.2) is 18.3 Å². The van der Waals surface area contributed by atoms with Crippen LogP contribution >= 0.6 is 0 Å². The van der Waals surface area contributed by atoms with Crippen molar-refractivity contribution in [2.45, 2.75) is 25.9 Å². The molecule has 3 heteroatoms. The lowest BCUT2D eigenvalue weighted by molar-refractivity contribution is 0.0235. The Morgan fingerprint density at radius 2 is 2.23 bits per heavy atom. The molecule has 0 saturated carbocycles. The zero-order valence-corrected chi connectivity index (χ0v) is 7.65. The van der Waals surface area contributed by atoms with Gasteiger partial charge in [0, 0.05) is 12.1 Å². The number of aromatic nitrogens is 1. The highest BCUT2D eigenvalue weighted by molar-refractivity contribution is 5.91. The quantitative estimate of drug-likeness (QED) is 0.566. The van der Waals surface area contributed by atoms with Gasteiger partial charge in [0.25, 0.3) is 0 Å². The molecule has 0 saturated heterocycles. The standard InChI is InChI=1S/C10H11NO2/c1-6-7(2)13-10(12)8-4-3-5-11-9(6)8/h3-7H,1-2H3. The SMILES string of the molecule is CC1OC(=O)c2cccnc2C1C. The van der Waals surface area contributed by atoms with Gasteiger partial charge in [0.2, 0.25) is 0 Å². The number of nitrogens with zero attached hydrogens (tertiary/aromatic N) is 1. The van der Waals surface area contributed by atoms with Crippen LogP contribution in [0.2, 0.25) is 0 Å². The van der Waals surface area contributed by atoms with E-state index < -0.39 is 0 Å². The summed E-state index contributed by atoms with van der Waals surface area (Å²) in [6.45, 7) is 3.91. The molecule has 0 amide bonds. The molecule has 2 atom stereocenters. The summed E-state index contributed by atoms with van der Waals surface area (Å²) in [7, 11) is 0. The van der Waals surface area contributed by atoms with Gasteiger partial charge in [0.05, 0.1) is 11.3 Å². The predicted octanol–water partition coefficient (Wildman–Crippen LogP) is 1.74. The van der Waals surface area contributed by atoms with Crippen molar-refractivity contribution in [3.05, 3.63) is 29.6 Å². The van der Waals surface area contributed by atoms with Crippen molar-refractivity contribution >= 4 is 5.97 Å². The first-order chi connectivity index (χ1) is 6.20. The molecule has 1 aromatic heterocycles. The van der Waals surface area contributed by atoms with Gasteiger partial charge in [-0.25, -0.2) is 4.79 Å². The average Bonchev–Trinajstić information content (AvgIpc) is 2.15. The number of pyridine rings is 1. The fourth-order valence-corrected chi connectivity index (χ4v) is 1.51. The summed E-state index contributed by atoms with van der Waals surface area (Å²) in [4.78, 5) is 15.6. The molecular formula is C10H11NO2. The molecule has 0 spiro atoms. The molecular weight excluding hydrogens is 166 g/mol. The van der Waals surface area contributed by atoms with Crippen LogP contribution in [-0.2, 0) is 4.74 Å². The third-order valence-electron chi connectivity index (χ3n) is 2.49. The van der Waals surface area contributed by atoms with E-state index >= 15 is 0 Å². The molecule has 2 heterocycles. The van der Waals surface area contributed by atoms with Gasteiger partial charge in [0.1, 0.15) is 6.10 Å². The van der Waals surface area contributed by atoms with Crippen LogP contribution in [0.25, 0.3) is 0 Å².